The predicted octanol–water partition coefficient (Wildman–Crippen LogP) is 1.26. The maximum absolute atomic E-state index is 11.8. The summed E-state index contributed by atoms with van der Waals surface area (Å²) < 4.78 is 4.94. The molecule has 0 spiro atoms. The fourth-order valence-corrected chi connectivity index (χ4v) is 2.48. The number of para-hydroxylation sites is 1. The van der Waals surface area contributed by atoms with Crippen LogP contribution >= 0.6 is 0 Å². The summed E-state index contributed by atoms with van der Waals surface area (Å²) in [6, 6.07) is 11.1. The molecule has 1 aliphatic heterocycles. The van der Waals surface area contributed by atoms with Gasteiger partial charge in [0.2, 0.25) is 0 Å². The number of aromatic nitrogens is 1. The van der Waals surface area contributed by atoms with Crippen molar-refractivity contribution >= 4 is 28.8 Å². The SMILES string of the molecule is O=C(CCc1ccc2ccccc2n1)OCC(=O)N1CCNC1=O. The monoisotopic (exact) mass is 327 g/mol. The van der Waals surface area contributed by atoms with Gasteiger partial charge >= 0.3 is 12.0 Å². The number of urea groups is 1. The second kappa shape index (κ2) is 7.08. The van der Waals surface area contributed by atoms with Crippen LogP contribution in [0.15, 0.2) is 36.4 Å². The molecular formula is C17H17N3O4. The molecule has 1 fully saturated rings. The largest absolute Gasteiger partial charge is 0.456 e. The van der Waals surface area contributed by atoms with Gasteiger partial charge in [-0.05, 0) is 12.1 Å². The molecule has 0 saturated carbocycles. The molecule has 1 N–H and O–H groups in total. The summed E-state index contributed by atoms with van der Waals surface area (Å²) in [6.45, 7) is 0.305. The van der Waals surface area contributed by atoms with Gasteiger partial charge in [0.15, 0.2) is 6.61 Å². The molecule has 0 atom stereocenters. The van der Waals surface area contributed by atoms with Gasteiger partial charge in [-0.3, -0.25) is 19.5 Å². The van der Waals surface area contributed by atoms with Crippen LogP contribution in [-0.4, -0.2) is 47.5 Å². The first-order valence-electron chi connectivity index (χ1n) is 7.72. The van der Waals surface area contributed by atoms with Crippen molar-refractivity contribution in [2.45, 2.75) is 12.8 Å². The van der Waals surface area contributed by atoms with E-state index in [1.54, 1.807) is 0 Å². The van der Waals surface area contributed by atoms with Gasteiger partial charge in [-0.2, -0.15) is 0 Å². The molecule has 0 aliphatic carbocycles. The molecule has 7 heteroatoms. The first-order chi connectivity index (χ1) is 11.6. The van der Waals surface area contributed by atoms with Gasteiger partial charge in [0.05, 0.1) is 11.9 Å². The highest BCUT2D eigenvalue weighted by molar-refractivity contribution is 5.96. The van der Waals surface area contributed by atoms with Crippen molar-refractivity contribution in [3.8, 4) is 0 Å². The molecule has 7 nitrogen and oxygen atoms in total. The van der Waals surface area contributed by atoms with Crippen molar-refractivity contribution in [1.29, 1.82) is 0 Å². The summed E-state index contributed by atoms with van der Waals surface area (Å²) in [5.74, 6) is -1.000. The zero-order chi connectivity index (χ0) is 16.9. The van der Waals surface area contributed by atoms with Gasteiger partial charge in [-0.15, -0.1) is 0 Å². The fourth-order valence-electron chi connectivity index (χ4n) is 2.48. The highest BCUT2D eigenvalue weighted by atomic mass is 16.5. The molecule has 3 rings (SSSR count). The third-order valence-corrected chi connectivity index (χ3v) is 3.76. The number of esters is 1. The number of nitrogens with zero attached hydrogens (tertiary/aromatic N) is 2. The van der Waals surface area contributed by atoms with Gasteiger partial charge < -0.3 is 10.1 Å². The van der Waals surface area contributed by atoms with Gasteiger partial charge in [0.25, 0.3) is 5.91 Å². The van der Waals surface area contributed by atoms with Gasteiger partial charge in [-0.25, -0.2) is 4.79 Å². The van der Waals surface area contributed by atoms with Crippen LogP contribution in [0.5, 0.6) is 0 Å². The minimum absolute atomic E-state index is 0.130. The van der Waals surface area contributed by atoms with E-state index in [9.17, 15) is 14.4 Å². The molecule has 1 aromatic carbocycles. The molecule has 0 unspecified atom stereocenters. The Labute approximate surface area is 138 Å². The molecule has 2 heterocycles. The molecule has 1 saturated heterocycles. The van der Waals surface area contributed by atoms with Gasteiger partial charge in [0.1, 0.15) is 0 Å². The zero-order valence-corrected chi connectivity index (χ0v) is 13.0. The molecule has 0 bridgehead atoms. The van der Waals surface area contributed by atoms with Crippen molar-refractivity contribution in [2.24, 2.45) is 0 Å². The Morgan fingerprint density at radius 1 is 1.21 bits per heavy atom. The zero-order valence-electron chi connectivity index (χ0n) is 13.0. The second-order valence-corrected chi connectivity index (χ2v) is 5.43. The molecule has 24 heavy (non-hydrogen) atoms. The van der Waals surface area contributed by atoms with Crippen LogP contribution in [0.2, 0.25) is 0 Å². The number of imide groups is 1. The summed E-state index contributed by atoms with van der Waals surface area (Å²) in [6.07, 6.45) is 0.562. The number of benzene rings is 1. The lowest BCUT2D eigenvalue weighted by Gasteiger charge is -2.12. The van der Waals surface area contributed by atoms with Crippen molar-refractivity contribution in [2.75, 3.05) is 19.7 Å². The van der Waals surface area contributed by atoms with Gasteiger partial charge in [0, 0.05) is 30.6 Å². The van der Waals surface area contributed by atoms with Crippen LogP contribution in [-0.2, 0) is 20.7 Å². The lowest BCUT2D eigenvalue weighted by atomic mass is 10.1. The van der Waals surface area contributed by atoms with Crippen molar-refractivity contribution in [1.82, 2.24) is 15.2 Å². The molecule has 1 aromatic heterocycles. The lowest BCUT2D eigenvalue weighted by Crippen LogP contribution is -2.37. The molecule has 2 aromatic rings. The number of hydrogen-bond donors (Lipinski definition) is 1. The minimum Gasteiger partial charge on any atom is -0.456 e. The number of ether oxygens (including phenoxy) is 1. The average Bonchev–Trinajstić information content (AvgIpc) is 3.03. The smallest absolute Gasteiger partial charge is 0.324 e. The van der Waals surface area contributed by atoms with E-state index in [1.807, 2.05) is 36.4 Å². The Hall–Kier alpha value is -2.96. The molecule has 124 valence electrons. The first kappa shape index (κ1) is 15.9. The van der Waals surface area contributed by atoms with Crippen LogP contribution < -0.4 is 5.32 Å². The Morgan fingerprint density at radius 3 is 2.83 bits per heavy atom. The van der Waals surface area contributed by atoms with Crippen LogP contribution in [0.3, 0.4) is 0 Å². The van der Waals surface area contributed by atoms with E-state index in [4.69, 9.17) is 4.74 Å². The summed E-state index contributed by atoms with van der Waals surface area (Å²) in [5, 5.41) is 3.56. The Bertz CT molecular complexity index is 790. The number of hydrogen-bond acceptors (Lipinski definition) is 5. The maximum Gasteiger partial charge on any atom is 0.324 e. The normalized spacial score (nSPS) is 13.8. The van der Waals surface area contributed by atoms with E-state index < -0.39 is 24.5 Å². The van der Waals surface area contributed by atoms with Crippen LogP contribution in [0.1, 0.15) is 12.1 Å². The van der Waals surface area contributed by atoms with Crippen molar-refractivity contribution < 1.29 is 19.1 Å². The second-order valence-electron chi connectivity index (χ2n) is 5.43. The van der Waals surface area contributed by atoms with E-state index >= 15 is 0 Å². The summed E-state index contributed by atoms with van der Waals surface area (Å²) in [5.41, 5.74) is 1.66. The summed E-state index contributed by atoms with van der Waals surface area (Å²) in [7, 11) is 0. The Morgan fingerprint density at radius 2 is 2.04 bits per heavy atom. The standard InChI is InChI=1S/C17H17N3O4/c21-15(20-10-9-18-17(20)23)11-24-16(22)8-7-13-6-5-12-3-1-2-4-14(12)19-13/h1-6H,7-11H2,(H,18,23). The highest BCUT2D eigenvalue weighted by Crippen LogP contribution is 2.13. The van der Waals surface area contributed by atoms with Crippen molar-refractivity contribution in [3.05, 3.63) is 42.1 Å². The maximum atomic E-state index is 11.8. The number of carbonyl (C=O) groups is 3. The number of aryl methyl sites for hydroxylation is 1. The van der Waals surface area contributed by atoms with E-state index in [2.05, 4.69) is 10.3 Å². The summed E-state index contributed by atoms with van der Waals surface area (Å²) >= 11 is 0. The quantitative estimate of drug-likeness (QED) is 0.835. The predicted molar refractivity (Wildman–Crippen MR) is 86.1 cm³/mol. The fraction of sp³-hybridized carbons (Fsp3) is 0.294. The number of pyridine rings is 1. The number of amides is 3. The van der Waals surface area contributed by atoms with E-state index in [0.717, 1.165) is 21.5 Å². The average molecular weight is 327 g/mol. The topological polar surface area (TPSA) is 88.6 Å². The van der Waals surface area contributed by atoms with E-state index in [-0.39, 0.29) is 6.42 Å². The molecular weight excluding hydrogens is 310 g/mol. The van der Waals surface area contributed by atoms with Crippen LogP contribution in [0, 0.1) is 0 Å². The molecule has 0 radical (unpaired) electrons. The summed E-state index contributed by atoms with van der Waals surface area (Å²) in [4.78, 5) is 40.4. The van der Waals surface area contributed by atoms with E-state index in [1.165, 1.54) is 0 Å². The third-order valence-electron chi connectivity index (χ3n) is 3.76. The first-order valence-corrected chi connectivity index (χ1v) is 7.72. The van der Waals surface area contributed by atoms with Gasteiger partial charge in [-0.1, -0.05) is 24.3 Å². The number of carbonyl (C=O) groups excluding carboxylic acids is 3. The van der Waals surface area contributed by atoms with Crippen LogP contribution in [0.25, 0.3) is 10.9 Å². The Kier molecular flexibility index (Phi) is 4.69. The van der Waals surface area contributed by atoms with Crippen LogP contribution in [0.4, 0.5) is 4.79 Å². The highest BCUT2D eigenvalue weighted by Gasteiger charge is 2.26. The lowest BCUT2D eigenvalue weighted by molar-refractivity contribution is -0.150. The minimum atomic E-state index is -0.512. The van der Waals surface area contributed by atoms with E-state index in [0.29, 0.717) is 19.5 Å². The van der Waals surface area contributed by atoms with Crippen molar-refractivity contribution in [3.63, 3.8) is 0 Å². The number of rotatable bonds is 5. The third kappa shape index (κ3) is 3.68. The Balaban J connectivity index is 1.48. The molecule has 1 aliphatic rings. The number of fused-ring (bicyclic) bond motifs is 1. The number of nitrogens with one attached hydrogen (secondary N) is 1. The molecule has 3 amide bonds.